The fraction of sp³-hybridized carbons (Fsp3) is 0.512. The van der Waals surface area contributed by atoms with Crippen LogP contribution in [0, 0.1) is 0 Å². The minimum Gasteiger partial charge on any atom is -0.497 e. The van der Waals surface area contributed by atoms with Crippen molar-refractivity contribution in [2.45, 2.75) is 114 Å². The quantitative estimate of drug-likeness (QED) is 0.184. The number of H-pyrrole nitrogens is 1. The van der Waals surface area contributed by atoms with Gasteiger partial charge in [0.25, 0.3) is 11.8 Å². The molecule has 2 aromatic carbocycles. The average Bonchev–Trinajstić information content (AvgIpc) is 3.93. The van der Waals surface area contributed by atoms with Crippen molar-refractivity contribution in [1.29, 1.82) is 0 Å². The van der Waals surface area contributed by atoms with Crippen LogP contribution in [0.4, 0.5) is 0 Å². The summed E-state index contributed by atoms with van der Waals surface area (Å²) in [5.41, 5.74) is 8.16. The van der Waals surface area contributed by atoms with E-state index in [9.17, 15) is 18.0 Å². The Hall–Kier alpha value is -4.42. The Labute approximate surface area is 323 Å². The van der Waals surface area contributed by atoms with Gasteiger partial charge in [0.1, 0.15) is 11.8 Å². The van der Waals surface area contributed by atoms with Gasteiger partial charge in [0.05, 0.1) is 24.6 Å². The first-order valence-corrected chi connectivity index (χ1v) is 21.9. The molecule has 0 radical (unpaired) electrons. The zero-order valence-corrected chi connectivity index (χ0v) is 33.3. The van der Waals surface area contributed by atoms with Crippen molar-refractivity contribution in [2.75, 3.05) is 26.7 Å². The molecular weight excluding hydrogens is 713 g/mol. The number of likely N-dealkylation sites (N-methyl/N-ethyl adjacent to an activating group) is 1. The number of carbonyl (C=O) groups excluding carboxylic acids is 2. The standard InChI is InChI=1S/C43H52N6O5S/c1-5-46-23-33-21-32(46)24-47(33)43(51)41-39(44-25-49(41)31-12-9-13-31)30-18-29-19-34(54-4)15-17-35(29)40-38(27-10-7-6-8-11-27)36-16-14-28(20-37(36)48(40)22-30)42(50)45-55(52,53)26(2)3/h14-20,25-27,31-33H,5-13,21-24H2,1-4H3,(H,45,50)/p+1. The van der Waals surface area contributed by atoms with Crippen LogP contribution in [0.3, 0.4) is 0 Å². The van der Waals surface area contributed by atoms with E-state index in [1.807, 2.05) is 24.5 Å². The normalized spacial score (nSPS) is 21.7. The van der Waals surface area contributed by atoms with E-state index in [-0.39, 0.29) is 18.0 Å². The number of imidazole rings is 1. The highest BCUT2D eigenvalue weighted by molar-refractivity contribution is 7.90. The number of piperazine rings is 1. The fourth-order valence-electron chi connectivity index (χ4n) is 9.97. The van der Waals surface area contributed by atoms with Gasteiger partial charge in [-0.25, -0.2) is 22.7 Å². The average molecular weight is 766 g/mol. The maximum Gasteiger partial charge on any atom is 0.298 e. The summed E-state index contributed by atoms with van der Waals surface area (Å²) >= 11 is 0. The van der Waals surface area contributed by atoms with Gasteiger partial charge < -0.3 is 14.2 Å². The van der Waals surface area contributed by atoms with E-state index in [1.54, 1.807) is 27.0 Å². The number of aromatic amines is 1. The third kappa shape index (κ3) is 6.11. The van der Waals surface area contributed by atoms with Crippen molar-refractivity contribution in [3.05, 3.63) is 70.8 Å². The number of benzene rings is 2. The van der Waals surface area contributed by atoms with Crippen LogP contribution in [0.1, 0.15) is 128 Å². The summed E-state index contributed by atoms with van der Waals surface area (Å²) in [6, 6.07) is 12.8. The van der Waals surface area contributed by atoms with Crippen LogP contribution < -0.4 is 14.0 Å². The highest BCUT2D eigenvalue weighted by Gasteiger charge is 2.48. The lowest BCUT2D eigenvalue weighted by atomic mass is 9.81. The number of hydrogen-bond acceptors (Lipinski definition) is 6. The Kier molecular flexibility index (Phi) is 9.19. The van der Waals surface area contributed by atoms with Crippen molar-refractivity contribution in [1.82, 2.24) is 24.1 Å². The number of hydrogen-bond donors (Lipinski definition) is 2. The van der Waals surface area contributed by atoms with Gasteiger partial charge in [0, 0.05) is 52.8 Å². The molecule has 0 spiro atoms. The van der Waals surface area contributed by atoms with Gasteiger partial charge in [-0.2, -0.15) is 0 Å². The third-order valence-electron chi connectivity index (χ3n) is 13.3. The number of aromatic nitrogens is 3. The van der Waals surface area contributed by atoms with Crippen molar-refractivity contribution >= 4 is 44.4 Å². The maximum atomic E-state index is 14.9. The predicted molar refractivity (Wildman–Crippen MR) is 213 cm³/mol. The van der Waals surface area contributed by atoms with E-state index in [2.05, 4.69) is 53.8 Å². The molecule has 2 saturated carbocycles. The van der Waals surface area contributed by atoms with Gasteiger partial charge in [-0.15, -0.1) is 0 Å². The molecule has 2 saturated heterocycles. The van der Waals surface area contributed by atoms with Crippen molar-refractivity contribution in [3.8, 4) is 17.0 Å². The van der Waals surface area contributed by atoms with Gasteiger partial charge in [0.15, 0.2) is 5.69 Å². The molecular formula is C43H53N6O5S+. The minimum absolute atomic E-state index is 0.0909. The van der Waals surface area contributed by atoms with Crippen LogP contribution in [0.25, 0.3) is 33.8 Å². The number of nitrogens with zero attached hydrogens (tertiary/aromatic N) is 4. The zero-order chi connectivity index (χ0) is 38.2. The van der Waals surface area contributed by atoms with E-state index in [0.29, 0.717) is 24.1 Å². The Morgan fingerprint density at radius 3 is 2.47 bits per heavy atom. The number of likely N-dealkylation sites (tertiary alicyclic amines) is 2. The summed E-state index contributed by atoms with van der Waals surface area (Å²) in [6.07, 6.45) is 14.2. The highest BCUT2D eigenvalue weighted by atomic mass is 32.2. The molecule has 2 atom stereocenters. The molecule has 2 aromatic heterocycles. The summed E-state index contributed by atoms with van der Waals surface area (Å²) < 4.78 is 38.2. The Bertz CT molecular complexity index is 2330. The van der Waals surface area contributed by atoms with Crippen LogP contribution >= 0.6 is 0 Å². The van der Waals surface area contributed by atoms with Crippen LogP contribution in [0.15, 0.2) is 42.7 Å². The van der Waals surface area contributed by atoms with Gasteiger partial charge in [0.2, 0.25) is 22.0 Å². The molecule has 4 fully saturated rings. The highest BCUT2D eigenvalue weighted by Crippen LogP contribution is 2.48. The second-order valence-corrected chi connectivity index (χ2v) is 18.9. The van der Waals surface area contributed by atoms with E-state index in [0.717, 1.165) is 121 Å². The number of methoxy groups -OCH3 is 1. The number of amides is 2. The van der Waals surface area contributed by atoms with E-state index < -0.39 is 21.2 Å². The smallest absolute Gasteiger partial charge is 0.298 e. The summed E-state index contributed by atoms with van der Waals surface area (Å²) in [6.45, 7) is 8.45. The predicted octanol–water partition coefficient (Wildman–Crippen LogP) is 6.65. The lowest BCUT2D eigenvalue weighted by Crippen LogP contribution is -2.53. The third-order valence-corrected chi connectivity index (χ3v) is 15.0. The van der Waals surface area contributed by atoms with Crippen molar-refractivity contribution in [3.63, 3.8) is 0 Å². The summed E-state index contributed by atoms with van der Waals surface area (Å²) in [7, 11) is -2.14. The van der Waals surface area contributed by atoms with Gasteiger partial charge in [-0.3, -0.25) is 14.5 Å². The van der Waals surface area contributed by atoms with Gasteiger partial charge in [-0.05, 0) is 112 Å². The van der Waals surface area contributed by atoms with Crippen molar-refractivity contribution in [2.24, 2.45) is 0 Å². The molecule has 4 aromatic rings. The SMILES string of the molecule is CCN1CC2CC1CN2C(=O)c1c(C2=Cc3cc(OC)ccc3-c3c(C4CCCCC4)c4ccc(C(=O)NS(=O)(=O)C(C)C)cc4n3C2)[nH]c[n+]1C1CCC1. The molecule has 2 amide bonds. The number of sulfonamides is 1. The number of rotatable bonds is 9. The minimum atomic E-state index is -3.83. The molecule has 9 rings (SSSR count). The monoisotopic (exact) mass is 765 g/mol. The molecule has 5 heterocycles. The number of ether oxygens (including phenoxy) is 1. The largest absolute Gasteiger partial charge is 0.497 e. The topological polar surface area (TPSA) is 121 Å². The molecule has 11 nitrogen and oxygen atoms in total. The van der Waals surface area contributed by atoms with E-state index in [4.69, 9.17) is 4.74 Å². The van der Waals surface area contributed by atoms with Crippen LogP contribution in [-0.4, -0.2) is 83.7 Å². The Morgan fingerprint density at radius 2 is 1.80 bits per heavy atom. The second kappa shape index (κ2) is 14.0. The maximum absolute atomic E-state index is 14.9. The summed E-state index contributed by atoms with van der Waals surface area (Å²) in [4.78, 5) is 36.7. The molecule has 2 bridgehead atoms. The molecule has 3 aliphatic heterocycles. The Balaban J connectivity index is 1.23. The molecule has 5 aliphatic rings. The van der Waals surface area contributed by atoms with Gasteiger partial charge >= 0.3 is 0 Å². The van der Waals surface area contributed by atoms with Crippen molar-refractivity contribution < 1.29 is 27.3 Å². The zero-order valence-electron chi connectivity index (χ0n) is 32.4. The summed E-state index contributed by atoms with van der Waals surface area (Å²) in [5, 5.41) is 0.333. The van der Waals surface area contributed by atoms with Crippen LogP contribution in [0.5, 0.6) is 5.75 Å². The lowest BCUT2D eigenvalue weighted by molar-refractivity contribution is -0.733. The summed E-state index contributed by atoms with van der Waals surface area (Å²) in [5.74, 6) is 0.541. The number of carbonyl (C=O) groups is 2. The van der Waals surface area contributed by atoms with Crippen LogP contribution in [0.2, 0.25) is 0 Å². The molecule has 2 unspecified atom stereocenters. The lowest BCUT2D eigenvalue weighted by Gasteiger charge is -2.33. The Morgan fingerprint density at radius 1 is 1.00 bits per heavy atom. The first-order chi connectivity index (χ1) is 26.6. The number of fused-ring (bicyclic) bond motifs is 7. The van der Waals surface area contributed by atoms with E-state index >= 15 is 0 Å². The first-order valence-electron chi connectivity index (χ1n) is 20.3. The molecule has 2 N–H and O–H groups in total. The van der Waals surface area contributed by atoms with E-state index in [1.165, 1.54) is 12.0 Å². The first kappa shape index (κ1) is 36.2. The fourth-order valence-corrected chi connectivity index (χ4v) is 10.6. The van der Waals surface area contributed by atoms with Gasteiger partial charge in [-0.1, -0.05) is 32.3 Å². The van der Waals surface area contributed by atoms with Crippen LogP contribution in [-0.2, 0) is 16.6 Å². The molecule has 290 valence electrons. The number of allylic oxidation sites excluding steroid dienone is 1. The molecule has 12 heteroatoms. The molecule has 55 heavy (non-hydrogen) atoms. The number of nitrogens with one attached hydrogen (secondary N) is 2. The molecule has 2 aliphatic carbocycles. The second-order valence-electron chi connectivity index (χ2n) is 16.6.